The molecule has 20 heavy (non-hydrogen) atoms. The summed E-state index contributed by atoms with van der Waals surface area (Å²) in [7, 11) is 0. The van der Waals surface area contributed by atoms with Crippen LogP contribution in [0.4, 0.5) is 0 Å². The highest BCUT2D eigenvalue weighted by Crippen LogP contribution is 2.16. The Morgan fingerprint density at radius 1 is 1.00 bits per heavy atom. The van der Waals surface area contributed by atoms with E-state index in [1.54, 1.807) is 37.3 Å². The summed E-state index contributed by atoms with van der Waals surface area (Å²) in [5, 5.41) is 0. The van der Waals surface area contributed by atoms with E-state index in [9.17, 15) is 9.59 Å². The van der Waals surface area contributed by atoms with Gasteiger partial charge in [0, 0.05) is 11.1 Å². The number of ketones is 1. The van der Waals surface area contributed by atoms with Crippen molar-refractivity contribution in [2.75, 3.05) is 6.61 Å². The van der Waals surface area contributed by atoms with Gasteiger partial charge in [0.2, 0.25) is 0 Å². The fourth-order valence-electron chi connectivity index (χ4n) is 2.01. The molecule has 0 N–H and O–H groups in total. The number of hydrogen-bond acceptors (Lipinski definition) is 3. The summed E-state index contributed by atoms with van der Waals surface area (Å²) in [6.45, 7) is 3.95. The van der Waals surface area contributed by atoms with E-state index in [0.29, 0.717) is 16.7 Å². The van der Waals surface area contributed by atoms with E-state index in [4.69, 9.17) is 4.74 Å². The van der Waals surface area contributed by atoms with Gasteiger partial charge in [0.25, 0.3) is 0 Å². The minimum Gasteiger partial charge on any atom is -0.462 e. The van der Waals surface area contributed by atoms with Crippen LogP contribution in [0.1, 0.15) is 38.8 Å². The third-order valence-corrected chi connectivity index (χ3v) is 2.95. The first-order valence-corrected chi connectivity index (χ1v) is 6.51. The molecule has 0 spiro atoms. The highest BCUT2D eigenvalue weighted by molar-refractivity contribution is 6.14. The summed E-state index contributed by atoms with van der Waals surface area (Å²) in [4.78, 5) is 24.4. The van der Waals surface area contributed by atoms with Crippen LogP contribution < -0.4 is 0 Å². The summed E-state index contributed by atoms with van der Waals surface area (Å²) >= 11 is 0. The Balaban J connectivity index is 2.42. The third kappa shape index (κ3) is 2.94. The Kier molecular flexibility index (Phi) is 4.31. The van der Waals surface area contributed by atoms with Crippen LogP contribution in [0.2, 0.25) is 0 Å². The summed E-state index contributed by atoms with van der Waals surface area (Å²) in [5.74, 6) is -0.638. The first-order chi connectivity index (χ1) is 9.63. The van der Waals surface area contributed by atoms with Gasteiger partial charge in [-0.3, -0.25) is 4.79 Å². The van der Waals surface area contributed by atoms with Crippen molar-refractivity contribution in [3.8, 4) is 0 Å². The Labute approximate surface area is 118 Å². The van der Waals surface area contributed by atoms with Crippen LogP contribution in [-0.2, 0) is 4.74 Å². The summed E-state index contributed by atoms with van der Waals surface area (Å²) in [6, 6.07) is 14.0. The molecule has 3 nitrogen and oxygen atoms in total. The number of esters is 1. The van der Waals surface area contributed by atoms with Crippen LogP contribution in [0.3, 0.4) is 0 Å². The van der Waals surface area contributed by atoms with Gasteiger partial charge in [0.1, 0.15) is 0 Å². The fourth-order valence-corrected chi connectivity index (χ4v) is 2.01. The van der Waals surface area contributed by atoms with Gasteiger partial charge < -0.3 is 4.74 Å². The summed E-state index contributed by atoms with van der Waals surface area (Å²) in [5.41, 5.74) is 2.25. The molecule has 3 heteroatoms. The molecule has 0 amide bonds. The van der Waals surface area contributed by atoms with Crippen LogP contribution in [0.25, 0.3) is 0 Å². The van der Waals surface area contributed by atoms with Gasteiger partial charge in [0.05, 0.1) is 12.2 Å². The predicted octanol–water partition coefficient (Wildman–Crippen LogP) is 3.40. The lowest BCUT2D eigenvalue weighted by atomic mass is 9.97. The molecule has 102 valence electrons. The molecular weight excluding hydrogens is 252 g/mol. The fraction of sp³-hybridized carbons (Fsp3) is 0.176. The molecular formula is C17H16O3. The maximum Gasteiger partial charge on any atom is 0.338 e. The van der Waals surface area contributed by atoms with E-state index in [2.05, 4.69) is 0 Å². The van der Waals surface area contributed by atoms with E-state index < -0.39 is 5.97 Å². The molecule has 0 saturated heterocycles. The van der Waals surface area contributed by atoms with E-state index in [0.717, 1.165) is 5.56 Å². The number of aryl methyl sites for hydroxylation is 1. The number of benzene rings is 2. The number of hydrogen-bond donors (Lipinski definition) is 0. The SMILES string of the molecule is CCOC(=O)c1ccccc1C(=O)c1cccc(C)c1. The Bertz CT molecular complexity index is 644. The van der Waals surface area contributed by atoms with Gasteiger partial charge in [-0.1, -0.05) is 42.0 Å². The zero-order valence-corrected chi connectivity index (χ0v) is 11.6. The van der Waals surface area contributed by atoms with Gasteiger partial charge in [-0.05, 0) is 26.0 Å². The maximum absolute atomic E-state index is 12.5. The minimum atomic E-state index is -0.468. The molecule has 0 aliphatic rings. The second kappa shape index (κ2) is 6.15. The highest BCUT2D eigenvalue weighted by Gasteiger charge is 2.18. The quantitative estimate of drug-likeness (QED) is 0.630. The van der Waals surface area contributed by atoms with Gasteiger partial charge in [-0.2, -0.15) is 0 Å². The Morgan fingerprint density at radius 3 is 2.35 bits per heavy atom. The molecule has 0 aromatic heterocycles. The first kappa shape index (κ1) is 14.0. The molecule has 0 aliphatic carbocycles. The van der Waals surface area contributed by atoms with Crippen molar-refractivity contribution in [3.63, 3.8) is 0 Å². The van der Waals surface area contributed by atoms with Gasteiger partial charge in [-0.15, -0.1) is 0 Å². The van der Waals surface area contributed by atoms with Gasteiger partial charge >= 0.3 is 5.97 Å². The monoisotopic (exact) mass is 268 g/mol. The van der Waals surface area contributed by atoms with Crippen LogP contribution >= 0.6 is 0 Å². The largest absolute Gasteiger partial charge is 0.462 e. The Hall–Kier alpha value is -2.42. The lowest BCUT2D eigenvalue weighted by Crippen LogP contribution is -2.12. The average molecular weight is 268 g/mol. The molecule has 0 radical (unpaired) electrons. The molecule has 0 atom stereocenters. The zero-order chi connectivity index (χ0) is 14.5. The van der Waals surface area contributed by atoms with Gasteiger partial charge in [-0.25, -0.2) is 4.79 Å². The van der Waals surface area contributed by atoms with Crippen LogP contribution in [0.5, 0.6) is 0 Å². The molecule has 2 aromatic carbocycles. The first-order valence-electron chi connectivity index (χ1n) is 6.51. The number of ether oxygens (including phenoxy) is 1. The van der Waals surface area contributed by atoms with Crippen molar-refractivity contribution in [3.05, 3.63) is 70.8 Å². The molecule has 0 saturated carbocycles. The zero-order valence-electron chi connectivity index (χ0n) is 11.6. The average Bonchev–Trinajstić information content (AvgIpc) is 2.47. The van der Waals surface area contributed by atoms with E-state index >= 15 is 0 Å². The van der Waals surface area contributed by atoms with Crippen molar-refractivity contribution >= 4 is 11.8 Å². The number of carbonyl (C=O) groups is 2. The third-order valence-electron chi connectivity index (χ3n) is 2.95. The molecule has 0 aliphatic heterocycles. The number of carbonyl (C=O) groups excluding carboxylic acids is 2. The second-order valence-electron chi connectivity index (χ2n) is 4.46. The second-order valence-corrected chi connectivity index (χ2v) is 4.46. The molecule has 0 unspecified atom stereocenters. The van der Waals surface area contributed by atoms with E-state index in [-0.39, 0.29) is 12.4 Å². The van der Waals surface area contributed by atoms with E-state index in [1.807, 2.05) is 25.1 Å². The summed E-state index contributed by atoms with van der Waals surface area (Å²) < 4.78 is 4.99. The molecule has 2 rings (SSSR count). The normalized spacial score (nSPS) is 10.1. The molecule has 0 heterocycles. The Morgan fingerprint density at radius 2 is 1.70 bits per heavy atom. The van der Waals surface area contributed by atoms with Crippen LogP contribution in [0, 0.1) is 6.92 Å². The van der Waals surface area contributed by atoms with E-state index in [1.165, 1.54) is 0 Å². The lowest BCUT2D eigenvalue weighted by Gasteiger charge is -2.08. The highest BCUT2D eigenvalue weighted by atomic mass is 16.5. The maximum atomic E-state index is 12.5. The minimum absolute atomic E-state index is 0.169. The lowest BCUT2D eigenvalue weighted by molar-refractivity contribution is 0.0523. The molecule has 0 fully saturated rings. The van der Waals surface area contributed by atoms with Crippen molar-refractivity contribution < 1.29 is 14.3 Å². The van der Waals surface area contributed by atoms with Gasteiger partial charge in [0.15, 0.2) is 5.78 Å². The van der Waals surface area contributed by atoms with Crippen LogP contribution in [-0.4, -0.2) is 18.4 Å². The molecule has 2 aromatic rings. The smallest absolute Gasteiger partial charge is 0.338 e. The van der Waals surface area contributed by atoms with Crippen molar-refractivity contribution in [1.29, 1.82) is 0 Å². The standard InChI is InChI=1S/C17H16O3/c1-3-20-17(19)15-10-5-4-9-14(15)16(18)13-8-6-7-12(2)11-13/h4-11H,3H2,1-2H3. The van der Waals surface area contributed by atoms with Crippen molar-refractivity contribution in [2.24, 2.45) is 0 Å². The van der Waals surface area contributed by atoms with Crippen molar-refractivity contribution in [1.82, 2.24) is 0 Å². The number of rotatable bonds is 4. The summed E-state index contributed by atoms with van der Waals surface area (Å²) in [6.07, 6.45) is 0. The van der Waals surface area contributed by atoms with Crippen molar-refractivity contribution in [2.45, 2.75) is 13.8 Å². The predicted molar refractivity (Wildman–Crippen MR) is 77.0 cm³/mol. The van der Waals surface area contributed by atoms with Crippen LogP contribution in [0.15, 0.2) is 48.5 Å². The topological polar surface area (TPSA) is 43.4 Å². The molecule has 0 bridgehead atoms.